The number of pyridine rings is 1. The molecule has 0 spiro atoms. The molecule has 2 rings (SSSR count). The van der Waals surface area contributed by atoms with Crippen molar-refractivity contribution in [3.8, 4) is 0 Å². The van der Waals surface area contributed by atoms with Crippen LogP contribution in [-0.4, -0.2) is 48.9 Å². The normalized spacial score (nSPS) is 13.7. The van der Waals surface area contributed by atoms with Gasteiger partial charge in [-0.05, 0) is 45.2 Å². The molecule has 138 valence electrons. The molecule has 1 N–H and O–H groups in total. The van der Waals surface area contributed by atoms with Crippen LogP contribution in [0, 0.1) is 13.8 Å². The first-order chi connectivity index (χ1) is 12.0. The van der Waals surface area contributed by atoms with Crippen LogP contribution in [0.15, 0.2) is 11.1 Å². The predicted molar refractivity (Wildman–Crippen MR) is 100 cm³/mol. The molecule has 0 radical (unpaired) electrons. The Balaban J connectivity index is 1.83. The molecule has 6 nitrogen and oxygen atoms in total. The lowest BCUT2D eigenvalue weighted by Gasteiger charge is -2.30. The molecule has 2 heterocycles. The van der Waals surface area contributed by atoms with E-state index in [-0.39, 0.29) is 11.8 Å². The van der Waals surface area contributed by atoms with Crippen LogP contribution in [-0.2, 0) is 14.3 Å². The summed E-state index contributed by atoms with van der Waals surface area (Å²) in [6.07, 6.45) is 1.87. The third-order valence-corrected chi connectivity index (χ3v) is 4.91. The summed E-state index contributed by atoms with van der Waals surface area (Å²) < 4.78 is 5.24. The van der Waals surface area contributed by atoms with E-state index in [0.29, 0.717) is 44.9 Å². The zero-order valence-corrected chi connectivity index (χ0v) is 16.1. The number of nitrogens with one attached hydrogen (secondary N) is 1. The fourth-order valence-electron chi connectivity index (χ4n) is 2.83. The number of hydrogen-bond donors (Lipinski definition) is 1. The topological polar surface area (TPSA) is 71.5 Å². The molecule has 0 aromatic carbocycles. The van der Waals surface area contributed by atoms with Gasteiger partial charge in [0.25, 0.3) is 0 Å². The van der Waals surface area contributed by atoms with Gasteiger partial charge in [0.2, 0.25) is 11.8 Å². The maximum absolute atomic E-state index is 12.3. The average Bonchev–Trinajstić information content (AvgIpc) is 2.56. The number of aromatic nitrogens is 1. The molecule has 0 aliphatic carbocycles. The highest BCUT2D eigenvalue weighted by molar-refractivity contribution is 8.00. The van der Waals surface area contributed by atoms with Crippen molar-refractivity contribution in [1.29, 1.82) is 0 Å². The van der Waals surface area contributed by atoms with Gasteiger partial charge in [0.05, 0.1) is 11.4 Å². The van der Waals surface area contributed by atoms with E-state index >= 15 is 0 Å². The lowest BCUT2D eigenvalue weighted by atomic mass is 10.1. The summed E-state index contributed by atoms with van der Waals surface area (Å²) in [7, 11) is 0. The predicted octanol–water partition coefficient (Wildman–Crippen LogP) is 2.46. The summed E-state index contributed by atoms with van der Waals surface area (Å²) in [5.74, 6) is 0.518. The first-order valence-electron chi connectivity index (χ1n) is 8.78. The van der Waals surface area contributed by atoms with Gasteiger partial charge in [-0.3, -0.25) is 9.59 Å². The largest absolute Gasteiger partial charge is 0.382 e. The van der Waals surface area contributed by atoms with Crippen molar-refractivity contribution < 1.29 is 14.3 Å². The first kappa shape index (κ1) is 19.7. The van der Waals surface area contributed by atoms with Gasteiger partial charge in [0.15, 0.2) is 0 Å². The molecule has 25 heavy (non-hydrogen) atoms. The number of aryl methyl sites for hydroxylation is 2. The molecular formula is C18H27N3O3S. The number of thioether (sulfide) groups is 1. The third-order valence-electron chi connectivity index (χ3n) is 3.96. The number of carbonyl (C=O) groups is 2. The van der Waals surface area contributed by atoms with Crippen molar-refractivity contribution in [2.75, 3.05) is 37.0 Å². The smallest absolute Gasteiger partial charge is 0.237 e. The standard InChI is InChI=1S/C18H27N3O3S/c1-4-24-10-6-8-19-15(22)7-5-9-21-16(23)12-25-18-17(21)13(2)11-14(3)20-18/h11H,4-10,12H2,1-3H3,(H,19,22). The number of hydrogen-bond acceptors (Lipinski definition) is 5. The van der Waals surface area contributed by atoms with E-state index in [1.54, 1.807) is 4.90 Å². The summed E-state index contributed by atoms with van der Waals surface area (Å²) in [6.45, 7) is 8.46. The van der Waals surface area contributed by atoms with Crippen molar-refractivity contribution in [2.24, 2.45) is 0 Å². The van der Waals surface area contributed by atoms with Crippen LogP contribution in [0.5, 0.6) is 0 Å². The molecule has 1 aromatic heterocycles. The molecule has 1 aromatic rings. The monoisotopic (exact) mass is 365 g/mol. The fourth-order valence-corrected chi connectivity index (χ4v) is 3.86. The Morgan fingerprint density at radius 3 is 2.96 bits per heavy atom. The highest BCUT2D eigenvalue weighted by atomic mass is 32.2. The highest BCUT2D eigenvalue weighted by Crippen LogP contribution is 2.36. The van der Waals surface area contributed by atoms with Gasteiger partial charge in [0, 0.05) is 38.4 Å². The zero-order chi connectivity index (χ0) is 18.2. The van der Waals surface area contributed by atoms with E-state index < -0.39 is 0 Å². The van der Waals surface area contributed by atoms with Crippen LogP contribution in [0.2, 0.25) is 0 Å². The second kappa shape index (κ2) is 9.77. The van der Waals surface area contributed by atoms with E-state index in [1.807, 2.05) is 26.8 Å². The van der Waals surface area contributed by atoms with Gasteiger partial charge in [-0.25, -0.2) is 4.98 Å². The van der Waals surface area contributed by atoms with Crippen LogP contribution in [0.1, 0.15) is 37.4 Å². The van der Waals surface area contributed by atoms with Gasteiger partial charge in [0.1, 0.15) is 5.03 Å². The van der Waals surface area contributed by atoms with E-state index in [9.17, 15) is 9.59 Å². The summed E-state index contributed by atoms with van der Waals surface area (Å²) in [6, 6.07) is 2.00. The number of carbonyl (C=O) groups excluding carboxylic acids is 2. The van der Waals surface area contributed by atoms with Crippen LogP contribution in [0.4, 0.5) is 5.69 Å². The number of rotatable bonds is 9. The molecule has 7 heteroatoms. The van der Waals surface area contributed by atoms with Crippen molar-refractivity contribution in [2.45, 2.75) is 45.1 Å². The summed E-state index contributed by atoms with van der Waals surface area (Å²) in [5.41, 5.74) is 2.93. The highest BCUT2D eigenvalue weighted by Gasteiger charge is 2.27. The second-order valence-electron chi connectivity index (χ2n) is 6.07. The van der Waals surface area contributed by atoms with Crippen molar-refractivity contribution in [3.05, 3.63) is 17.3 Å². The molecular weight excluding hydrogens is 338 g/mol. The minimum Gasteiger partial charge on any atom is -0.382 e. The van der Waals surface area contributed by atoms with Gasteiger partial charge in [-0.15, -0.1) is 0 Å². The van der Waals surface area contributed by atoms with E-state index in [2.05, 4.69) is 10.3 Å². The molecule has 0 fully saturated rings. The molecule has 1 aliphatic rings. The Kier molecular flexibility index (Phi) is 7.71. The fraction of sp³-hybridized carbons (Fsp3) is 0.611. The molecule has 0 unspecified atom stereocenters. The summed E-state index contributed by atoms with van der Waals surface area (Å²) >= 11 is 1.49. The molecule has 0 saturated heterocycles. The van der Waals surface area contributed by atoms with Gasteiger partial charge in [-0.1, -0.05) is 11.8 Å². The van der Waals surface area contributed by atoms with Crippen LogP contribution in [0.3, 0.4) is 0 Å². The second-order valence-corrected chi connectivity index (χ2v) is 7.04. The van der Waals surface area contributed by atoms with Crippen molar-refractivity contribution >= 4 is 29.3 Å². The van der Waals surface area contributed by atoms with Crippen LogP contribution < -0.4 is 10.2 Å². The number of amides is 2. The third kappa shape index (κ3) is 5.71. The van der Waals surface area contributed by atoms with Gasteiger partial charge < -0.3 is 15.0 Å². The maximum atomic E-state index is 12.3. The zero-order valence-electron chi connectivity index (χ0n) is 15.3. The Labute approximate surface area is 153 Å². The minimum atomic E-state index is 0.0225. The Bertz CT molecular complexity index is 622. The van der Waals surface area contributed by atoms with Gasteiger partial charge >= 0.3 is 0 Å². The molecule has 0 saturated carbocycles. The van der Waals surface area contributed by atoms with E-state index in [4.69, 9.17) is 4.74 Å². The van der Waals surface area contributed by atoms with Crippen molar-refractivity contribution in [3.63, 3.8) is 0 Å². The molecule has 0 bridgehead atoms. The minimum absolute atomic E-state index is 0.0225. The number of ether oxygens (including phenoxy) is 1. The van der Waals surface area contributed by atoms with E-state index in [0.717, 1.165) is 28.4 Å². The SMILES string of the molecule is CCOCCCNC(=O)CCCN1C(=O)CSc2nc(C)cc(C)c21. The van der Waals surface area contributed by atoms with E-state index in [1.165, 1.54) is 11.8 Å². The summed E-state index contributed by atoms with van der Waals surface area (Å²) in [5, 5.41) is 3.80. The Hall–Kier alpha value is -1.60. The number of nitrogens with zero attached hydrogens (tertiary/aromatic N) is 2. The lowest BCUT2D eigenvalue weighted by molar-refractivity contribution is -0.121. The van der Waals surface area contributed by atoms with Crippen LogP contribution in [0.25, 0.3) is 0 Å². The maximum Gasteiger partial charge on any atom is 0.237 e. The van der Waals surface area contributed by atoms with Gasteiger partial charge in [-0.2, -0.15) is 0 Å². The van der Waals surface area contributed by atoms with Crippen LogP contribution >= 0.6 is 11.8 Å². The quantitative estimate of drug-likeness (QED) is 0.681. The Morgan fingerprint density at radius 2 is 2.20 bits per heavy atom. The average molecular weight is 365 g/mol. The van der Waals surface area contributed by atoms with Crippen molar-refractivity contribution in [1.82, 2.24) is 10.3 Å². The molecule has 0 atom stereocenters. The lowest BCUT2D eigenvalue weighted by Crippen LogP contribution is -2.37. The number of fused-ring (bicyclic) bond motifs is 1. The first-order valence-corrected chi connectivity index (χ1v) is 9.77. The number of anilines is 1. The summed E-state index contributed by atoms with van der Waals surface area (Å²) in [4.78, 5) is 30.5. The Morgan fingerprint density at radius 1 is 1.40 bits per heavy atom. The molecule has 1 aliphatic heterocycles. The molecule has 2 amide bonds.